The Morgan fingerprint density at radius 1 is 1.16 bits per heavy atom. The van der Waals surface area contributed by atoms with Gasteiger partial charge in [-0.2, -0.15) is 5.10 Å². The predicted octanol–water partition coefficient (Wildman–Crippen LogP) is 1.43. The third-order valence-corrected chi connectivity index (χ3v) is 3.40. The lowest BCUT2D eigenvalue weighted by Gasteiger charge is -2.33. The summed E-state index contributed by atoms with van der Waals surface area (Å²) in [6.07, 6.45) is 0.885. The van der Waals surface area contributed by atoms with Crippen molar-refractivity contribution >= 4 is 22.7 Å². The largest absolute Gasteiger partial charge is 0.465 e. The van der Waals surface area contributed by atoms with Crippen LogP contribution in [0, 0.1) is 0 Å². The molecule has 0 radical (unpaired) electrons. The number of hydrogen-bond acceptors (Lipinski definition) is 4. The molecule has 0 unspecified atom stereocenters. The van der Waals surface area contributed by atoms with E-state index in [1.165, 1.54) is 4.90 Å². The molecule has 6 nitrogen and oxygen atoms in total. The number of rotatable bonds is 1. The number of hydrogen-bond donors (Lipinski definition) is 1. The Balaban J connectivity index is 1.88. The van der Waals surface area contributed by atoms with Gasteiger partial charge in [0.05, 0.1) is 6.20 Å². The number of carboxylic acid groups (broad SMARTS) is 1. The molecule has 3 rings (SSSR count). The Kier molecular flexibility index (Phi) is 2.91. The van der Waals surface area contributed by atoms with E-state index in [0.717, 1.165) is 16.6 Å². The molecule has 0 bridgehead atoms. The molecule has 2 aromatic rings. The maximum atomic E-state index is 10.9. The molecule has 1 N–H and O–H groups in total. The van der Waals surface area contributed by atoms with Gasteiger partial charge in [-0.3, -0.25) is 0 Å². The first kappa shape index (κ1) is 11.7. The van der Waals surface area contributed by atoms with Gasteiger partial charge in [0.15, 0.2) is 5.82 Å². The summed E-state index contributed by atoms with van der Waals surface area (Å²) >= 11 is 0. The summed E-state index contributed by atoms with van der Waals surface area (Å²) in [5.74, 6) is 0.836. The van der Waals surface area contributed by atoms with Crippen molar-refractivity contribution in [2.45, 2.75) is 0 Å². The molecule has 0 atom stereocenters. The average molecular weight is 258 g/mol. The zero-order chi connectivity index (χ0) is 13.2. The number of aromatic nitrogens is 2. The molecule has 0 spiro atoms. The van der Waals surface area contributed by atoms with Crippen LogP contribution in [0.5, 0.6) is 0 Å². The second-order valence-corrected chi connectivity index (χ2v) is 4.51. The van der Waals surface area contributed by atoms with Crippen LogP contribution >= 0.6 is 0 Å². The van der Waals surface area contributed by atoms with Crippen LogP contribution in [-0.2, 0) is 0 Å². The zero-order valence-corrected chi connectivity index (χ0v) is 10.4. The number of nitrogens with zero attached hydrogens (tertiary/aromatic N) is 4. The number of benzene rings is 1. The highest BCUT2D eigenvalue weighted by molar-refractivity contribution is 5.91. The topological polar surface area (TPSA) is 69.6 Å². The number of piperazine rings is 1. The van der Waals surface area contributed by atoms with E-state index in [4.69, 9.17) is 5.11 Å². The Hall–Kier alpha value is -2.37. The van der Waals surface area contributed by atoms with Crippen molar-refractivity contribution in [3.05, 3.63) is 30.5 Å². The predicted molar refractivity (Wildman–Crippen MR) is 71.3 cm³/mol. The highest BCUT2D eigenvalue weighted by atomic mass is 16.4. The monoisotopic (exact) mass is 258 g/mol. The first-order valence-electron chi connectivity index (χ1n) is 6.19. The Morgan fingerprint density at radius 2 is 1.89 bits per heavy atom. The van der Waals surface area contributed by atoms with Gasteiger partial charge >= 0.3 is 6.09 Å². The van der Waals surface area contributed by atoms with Crippen LogP contribution in [0.2, 0.25) is 0 Å². The van der Waals surface area contributed by atoms with Crippen molar-refractivity contribution in [1.29, 1.82) is 0 Å². The molecule has 0 aliphatic carbocycles. The van der Waals surface area contributed by atoms with E-state index in [-0.39, 0.29) is 0 Å². The van der Waals surface area contributed by atoms with Gasteiger partial charge in [-0.05, 0) is 0 Å². The first-order valence-corrected chi connectivity index (χ1v) is 6.19. The fourth-order valence-electron chi connectivity index (χ4n) is 2.36. The van der Waals surface area contributed by atoms with Gasteiger partial charge in [-0.25, -0.2) is 4.79 Å². The molecule has 6 heteroatoms. The summed E-state index contributed by atoms with van der Waals surface area (Å²) in [5.41, 5.74) is 0. The van der Waals surface area contributed by atoms with Crippen LogP contribution in [-0.4, -0.2) is 52.5 Å². The van der Waals surface area contributed by atoms with E-state index in [1.807, 2.05) is 24.3 Å². The molecular weight excluding hydrogens is 244 g/mol. The van der Waals surface area contributed by atoms with Gasteiger partial charge in [-0.1, -0.05) is 24.3 Å². The van der Waals surface area contributed by atoms with E-state index in [1.54, 1.807) is 6.20 Å². The second kappa shape index (κ2) is 4.72. The molecule has 2 heterocycles. The minimum atomic E-state index is -0.858. The summed E-state index contributed by atoms with van der Waals surface area (Å²) in [4.78, 5) is 14.4. The Bertz CT molecular complexity index is 603. The van der Waals surface area contributed by atoms with Crippen LogP contribution in [0.3, 0.4) is 0 Å². The van der Waals surface area contributed by atoms with Gasteiger partial charge in [0, 0.05) is 37.0 Å². The lowest BCUT2D eigenvalue weighted by atomic mass is 10.2. The van der Waals surface area contributed by atoms with E-state index < -0.39 is 6.09 Å². The summed E-state index contributed by atoms with van der Waals surface area (Å²) in [5, 5.41) is 19.3. The molecule has 1 saturated heterocycles. The van der Waals surface area contributed by atoms with E-state index in [9.17, 15) is 4.79 Å². The summed E-state index contributed by atoms with van der Waals surface area (Å²) in [6, 6.07) is 7.96. The average Bonchev–Trinajstić information content (AvgIpc) is 2.47. The lowest BCUT2D eigenvalue weighted by molar-refractivity contribution is 0.142. The summed E-state index contributed by atoms with van der Waals surface area (Å²) in [6.45, 7) is 2.30. The maximum Gasteiger partial charge on any atom is 0.407 e. The first-order chi connectivity index (χ1) is 9.25. The fraction of sp³-hybridized carbons (Fsp3) is 0.308. The SMILES string of the molecule is O=C(O)N1CCN(c2nncc3ccccc23)CC1. The highest BCUT2D eigenvalue weighted by Crippen LogP contribution is 2.23. The van der Waals surface area contributed by atoms with Crippen molar-refractivity contribution in [1.82, 2.24) is 15.1 Å². The molecule has 1 aliphatic rings. The third kappa shape index (κ3) is 2.16. The molecule has 1 aromatic heterocycles. The van der Waals surface area contributed by atoms with E-state index in [2.05, 4.69) is 15.1 Å². The smallest absolute Gasteiger partial charge is 0.407 e. The fourth-order valence-corrected chi connectivity index (χ4v) is 2.36. The number of carbonyl (C=O) groups is 1. The van der Waals surface area contributed by atoms with Crippen molar-refractivity contribution in [2.24, 2.45) is 0 Å². The summed E-state index contributed by atoms with van der Waals surface area (Å²) in [7, 11) is 0. The van der Waals surface area contributed by atoms with Gasteiger partial charge in [-0.15, -0.1) is 5.10 Å². The number of amides is 1. The summed E-state index contributed by atoms with van der Waals surface area (Å²) < 4.78 is 0. The van der Waals surface area contributed by atoms with E-state index >= 15 is 0 Å². The molecule has 1 amide bonds. The van der Waals surface area contributed by atoms with Crippen LogP contribution in [0.25, 0.3) is 10.8 Å². The minimum absolute atomic E-state index is 0.500. The van der Waals surface area contributed by atoms with Crippen molar-refractivity contribution in [3.8, 4) is 0 Å². The van der Waals surface area contributed by atoms with Crippen LogP contribution < -0.4 is 4.90 Å². The van der Waals surface area contributed by atoms with Gasteiger partial charge in [0.1, 0.15) is 0 Å². The lowest BCUT2D eigenvalue weighted by Crippen LogP contribution is -2.48. The Morgan fingerprint density at radius 3 is 2.63 bits per heavy atom. The molecule has 1 aliphatic heterocycles. The molecule has 1 aromatic carbocycles. The molecule has 98 valence electrons. The molecular formula is C13H14N4O2. The molecule has 0 saturated carbocycles. The van der Waals surface area contributed by atoms with Crippen molar-refractivity contribution < 1.29 is 9.90 Å². The van der Waals surface area contributed by atoms with E-state index in [0.29, 0.717) is 26.2 Å². The highest BCUT2D eigenvalue weighted by Gasteiger charge is 2.22. The zero-order valence-electron chi connectivity index (χ0n) is 10.4. The van der Waals surface area contributed by atoms with Crippen molar-refractivity contribution in [3.63, 3.8) is 0 Å². The minimum Gasteiger partial charge on any atom is -0.465 e. The van der Waals surface area contributed by atoms with Gasteiger partial charge in [0.2, 0.25) is 0 Å². The van der Waals surface area contributed by atoms with Gasteiger partial charge in [0.25, 0.3) is 0 Å². The standard InChI is InChI=1S/C13H14N4O2/c18-13(19)17-7-5-16(6-8-17)12-11-4-2-1-3-10(11)9-14-15-12/h1-4,9H,5-8H2,(H,18,19). The third-order valence-electron chi connectivity index (χ3n) is 3.40. The molecule has 19 heavy (non-hydrogen) atoms. The second-order valence-electron chi connectivity index (χ2n) is 4.51. The quantitative estimate of drug-likeness (QED) is 0.838. The normalized spacial score (nSPS) is 15.8. The Labute approximate surface area is 110 Å². The van der Waals surface area contributed by atoms with Crippen LogP contribution in [0.4, 0.5) is 10.6 Å². The molecule has 1 fully saturated rings. The van der Waals surface area contributed by atoms with Crippen LogP contribution in [0.1, 0.15) is 0 Å². The maximum absolute atomic E-state index is 10.9. The number of anilines is 1. The van der Waals surface area contributed by atoms with Gasteiger partial charge < -0.3 is 14.9 Å². The van der Waals surface area contributed by atoms with Crippen molar-refractivity contribution in [2.75, 3.05) is 31.1 Å². The number of fused-ring (bicyclic) bond motifs is 1. The van der Waals surface area contributed by atoms with Crippen LogP contribution in [0.15, 0.2) is 30.5 Å².